The number of amides is 1. The number of rotatable bonds is 3. The zero-order chi connectivity index (χ0) is 20.5. The molecule has 0 radical (unpaired) electrons. The van der Waals surface area contributed by atoms with E-state index in [0.29, 0.717) is 50.3 Å². The van der Waals surface area contributed by atoms with Crippen LogP contribution in [0.5, 0.6) is 5.75 Å². The summed E-state index contributed by atoms with van der Waals surface area (Å²) in [5.41, 5.74) is 2.74. The van der Waals surface area contributed by atoms with Gasteiger partial charge in [-0.25, -0.2) is 4.98 Å². The molecule has 6 nitrogen and oxygen atoms in total. The fraction of sp³-hybridized carbons (Fsp3) is 0.304. The van der Waals surface area contributed by atoms with E-state index in [4.69, 9.17) is 21.1 Å². The number of hydrogen-bond acceptors (Lipinski definition) is 5. The Hall–Kier alpha value is -2.83. The highest BCUT2D eigenvalue weighted by molar-refractivity contribution is 6.30. The first kappa shape index (κ1) is 19.2. The van der Waals surface area contributed by atoms with Crippen LogP contribution in [0, 0.1) is 0 Å². The number of nitrogens with zero attached hydrogens (tertiary/aromatic N) is 3. The second-order valence-corrected chi connectivity index (χ2v) is 7.88. The van der Waals surface area contributed by atoms with Gasteiger partial charge in [0.15, 0.2) is 6.10 Å². The zero-order valence-corrected chi connectivity index (χ0v) is 17.2. The third-order valence-corrected chi connectivity index (χ3v) is 5.90. The number of halogens is 1. The number of aromatic nitrogens is 1. The first-order chi connectivity index (χ1) is 14.7. The Labute approximate surface area is 180 Å². The van der Waals surface area contributed by atoms with E-state index in [1.165, 1.54) is 0 Å². The van der Waals surface area contributed by atoms with E-state index in [0.717, 1.165) is 22.2 Å². The van der Waals surface area contributed by atoms with Gasteiger partial charge in [-0.3, -0.25) is 4.79 Å². The number of anilines is 1. The number of ether oxygens (including phenoxy) is 2. The summed E-state index contributed by atoms with van der Waals surface area (Å²) in [5, 5.41) is 1.52. The quantitative estimate of drug-likeness (QED) is 0.603. The molecule has 2 aliphatic heterocycles. The summed E-state index contributed by atoms with van der Waals surface area (Å²) < 4.78 is 11.5. The lowest BCUT2D eigenvalue weighted by Crippen LogP contribution is -2.52. The zero-order valence-electron chi connectivity index (χ0n) is 16.5. The molecular formula is C23H22ClN3O3. The normalized spacial score (nSPS) is 18.8. The number of para-hydroxylation sites is 3. The molecule has 0 N–H and O–H groups in total. The average molecular weight is 424 g/mol. The van der Waals surface area contributed by atoms with Gasteiger partial charge in [-0.05, 0) is 24.3 Å². The maximum Gasteiger partial charge on any atom is 0.265 e. The highest BCUT2D eigenvalue weighted by Crippen LogP contribution is 2.35. The maximum atomic E-state index is 13.1. The monoisotopic (exact) mass is 423 g/mol. The van der Waals surface area contributed by atoms with E-state index < -0.39 is 6.10 Å². The second kappa shape index (κ2) is 8.13. The first-order valence-electron chi connectivity index (χ1n) is 10.1. The smallest absolute Gasteiger partial charge is 0.265 e. The van der Waals surface area contributed by atoms with Gasteiger partial charge < -0.3 is 19.3 Å². The van der Waals surface area contributed by atoms with Crippen molar-refractivity contribution >= 4 is 34.1 Å². The van der Waals surface area contributed by atoms with Gasteiger partial charge in [0.25, 0.3) is 5.91 Å². The van der Waals surface area contributed by atoms with E-state index in [1.807, 2.05) is 53.4 Å². The first-order valence-corrected chi connectivity index (χ1v) is 10.5. The third kappa shape index (κ3) is 3.68. The average Bonchev–Trinajstić information content (AvgIpc) is 2.79. The van der Waals surface area contributed by atoms with Gasteiger partial charge in [-0.15, -0.1) is 0 Å². The molecule has 1 aromatic heterocycles. The minimum absolute atomic E-state index is 0.000497. The van der Waals surface area contributed by atoms with Crippen molar-refractivity contribution in [2.24, 2.45) is 0 Å². The molecule has 7 heteroatoms. The van der Waals surface area contributed by atoms with Crippen molar-refractivity contribution in [2.45, 2.75) is 12.6 Å². The number of carbonyl (C=O) groups excluding carboxylic acids is 1. The van der Waals surface area contributed by atoms with Gasteiger partial charge >= 0.3 is 0 Å². The summed E-state index contributed by atoms with van der Waals surface area (Å²) in [6, 6.07) is 17.8. The molecule has 3 heterocycles. The SMILES string of the molecule is O=C([C@@H]1CN(Cc2cc3ccccc3nc2Cl)c2ccccc2O1)N1CCOCC1. The standard InChI is InChI=1S/C23H22ClN3O3/c24-22-17(13-16-5-1-2-6-18(16)25-22)14-27-15-21(23(28)26-9-11-29-12-10-26)30-20-8-4-3-7-19(20)27/h1-8,13,21H,9-12,14-15H2/t21-/m0/s1. The van der Waals surface area contributed by atoms with Gasteiger partial charge in [0.2, 0.25) is 0 Å². The third-order valence-electron chi connectivity index (χ3n) is 5.57. The van der Waals surface area contributed by atoms with Crippen LogP contribution in [-0.2, 0) is 16.1 Å². The molecule has 1 saturated heterocycles. The van der Waals surface area contributed by atoms with E-state index in [2.05, 4.69) is 16.0 Å². The molecule has 0 spiro atoms. The summed E-state index contributed by atoms with van der Waals surface area (Å²) in [6.45, 7) is 3.33. The van der Waals surface area contributed by atoms with Crippen molar-refractivity contribution in [2.75, 3.05) is 37.7 Å². The molecule has 0 aliphatic carbocycles. The van der Waals surface area contributed by atoms with Crippen LogP contribution in [-0.4, -0.2) is 54.7 Å². The largest absolute Gasteiger partial charge is 0.477 e. The topological polar surface area (TPSA) is 54.9 Å². The number of morpholine rings is 1. The molecule has 30 heavy (non-hydrogen) atoms. The molecule has 1 amide bonds. The molecule has 154 valence electrons. The molecule has 1 atom stereocenters. The lowest BCUT2D eigenvalue weighted by molar-refractivity contribution is -0.142. The van der Waals surface area contributed by atoms with Gasteiger partial charge in [-0.2, -0.15) is 0 Å². The van der Waals surface area contributed by atoms with Gasteiger partial charge in [0.05, 0.1) is 31.0 Å². The van der Waals surface area contributed by atoms with E-state index in [9.17, 15) is 4.79 Å². The van der Waals surface area contributed by atoms with Gasteiger partial charge in [0.1, 0.15) is 10.9 Å². The predicted octanol–water partition coefficient (Wildman–Crippen LogP) is 3.51. The van der Waals surface area contributed by atoms with Crippen molar-refractivity contribution in [1.82, 2.24) is 9.88 Å². The minimum Gasteiger partial charge on any atom is -0.477 e. The van der Waals surface area contributed by atoms with Crippen molar-refractivity contribution in [3.05, 3.63) is 65.3 Å². The summed E-state index contributed by atoms with van der Waals surface area (Å²) in [5.74, 6) is 0.709. The lowest BCUT2D eigenvalue weighted by atomic mass is 10.1. The molecular weight excluding hydrogens is 402 g/mol. The summed E-state index contributed by atoms with van der Waals surface area (Å²) in [6.07, 6.45) is -0.565. The van der Waals surface area contributed by atoms with E-state index in [1.54, 1.807) is 0 Å². The number of pyridine rings is 1. The molecule has 1 fully saturated rings. The summed E-state index contributed by atoms with van der Waals surface area (Å²) >= 11 is 6.51. The van der Waals surface area contributed by atoms with Crippen molar-refractivity contribution < 1.29 is 14.3 Å². The van der Waals surface area contributed by atoms with Gasteiger partial charge in [-0.1, -0.05) is 41.9 Å². The minimum atomic E-state index is -0.565. The summed E-state index contributed by atoms with van der Waals surface area (Å²) in [7, 11) is 0. The number of carbonyl (C=O) groups is 1. The van der Waals surface area contributed by atoms with Crippen LogP contribution < -0.4 is 9.64 Å². The van der Waals surface area contributed by atoms with Crippen molar-refractivity contribution in [3.8, 4) is 5.75 Å². The van der Waals surface area contributed by atoms with E-state index >= 15 is 0 Å². The maximum absolute atomic E-state index is 13.1. The van der Waals surface area contributed by atoms with Crippen LogP contribution in [0.3, 0.4) is 0 Å². The number of hydrogen-bond donors (Lipinski definition) is 0. The number of benzene rings is 2. The van der Waals surface area contributed by atoms with Gasteiger partial charge in [0, 0.05) is 30.6 Å². The molecule has 0 saturated carbocycles. The fourth-order valence-corrected chi connectivity index (χ4v) is 4.23. The van der Waals surface area contributed by atoms with Crippen molar-refractivity contribution in [1.29, 1.82) is 0 Å². The molecule has 2 aromatic carbocycles. The Morgan fingerprint density at radius 2 is 1.87 bits per heavy atom. The molecule has 0 bridgehead atoms. The Morgan fingerprint density at radius 1 is 1.10 bits per heavy atom. The van der Waals surface area contributed by atoms with Crippen molar-refractivity contribution in [3.63, 3.8) is 0 Å². The molecule has 5 rings (SSSR count). The molecule has 3 aromatic rings. The van der Waals surface area contributed by atoms with Crippen LogP contribution in [0.1, 0.15) is 5.56 Å². The molecule has 0 unspecified atom stereocenters. The molecule has 2 aliphatic rings. The second-order valence-electron chi connectivity index (χ2n) is 7.52. The highest BCUT2D eigenvalue weighted by Gasteiger charge is 2.34. The lowest BCUT2D eigenvalue weighted by Gasteiger charge is -2.38. The van der Waals surface area contributed by atoms with Crippen LogP contribution in [0.2, 0.25) is 5.15 Å². The van der Waals surface area contributed by atoms with Crippen LogP contribution in [0.15, 0.2) is 54.6 Å². The van der Waals surface area contributed by atoms with E-state index in [-0.39, 0.29) is 5.91 Å². The fourth-order valence-electron chi connectivity index (χ4n) is 4.03. The highest BCUT2D eigenvalue weighted by atomic mass is 35.5. The Morgan fingerprint density at radius 3 is 2.73 bits per heavy atom. The Bertz CT molecular complexity index is 1080. The Balaban J connectivity index is 1.44. The van der Waals surface area contributed by atoms with Crippen LogP contribution in [0.4, 0.5) is 5.69 Å². The summed E-state index contributed by atoms with van der Waals surface area (Å²) in [4.78, 5) is 21.6. The van der Waals surface area contributed by atoms with Crippen LogP contribution >= 0.6 is 11.6 Å². The Kier molecular flexibility index (Phi) is 5.19. The van der Waals surface area contributed by atoms with Crippen LogP contribution in [0.25, 0.3) is 10.9 Å². The number of fused-ring (bicyclic) bond motifs is 2. The predicted molar refractivity (Wildman–Crippen MR) is 116 cm³/mol.